The van der Waals surface area contributed by atoms with E-state index in [1.165, 1.54) is 24.3 Å². The van der Waals surface area contributed by atoms with Crippen molar-refractivity contribution in [3.63, 3.8) is 0 Å². The number of carbonyl (C=O) groups is 2. The third-order valence-electron chi connectivity index (χ3n) is 2.77. The SMILES string of the molecule is CNCC(C)C(=O)NCCNC(=O)c1ccc(F)cc1.Cl. The Morgan fingerprint density at radius 1 is 1.14 bits per heavy atom. The van der Waals surface area contributed by atoms with Gasteiger partial charge < -0.3 is 16.0 Å². The van der Waals surface area contributed by atoms with Crippen LogP contribution < -0.4 is 16.0 Å². The van der Waals surface area contributed by atoms with E-state index in [4.69, 9.17) is 0 Å². The molecule has 0 aromatic heterocycles. The summed E-state index contributed by atoms with van der Waals surface area (Å²) in [6.45, 7) is 3.12. The van der Waals surface area contributed by atoms with Crippen molar-refractivity contribution in [2.45, 2.75) is 6.92 Å². The molecule has 0 fully saturated rings. The molecule has 1 rings (SSSR count). The summed E-state index contributed by atoms with van der Waals surface area (Å²) in [4.78, 5) is 23.3. The van der Waals surface area contributed by atoms with E-state index < -0.39 is 0 Å². The molecule has 0 saturated carbocycles. The van der Waals surface area contributed by atoms with Gasteiger partial charge in [0.2, 0.25) is 5.91 Å². The van der Waals surface area contributed by atoms with E-state index in [-0.39, 0.29) is 36.0 Å². The van der Waals surface area contributed by atoms with Crippen LogP contribution in [0.1, 0.15) is 17.3 Å². The van der Waals surface area contributed by atoms with E-state index in [0.29, 0.717) is 25.2 Å². The van der Waals surface area contributed by atoms with Gasteiger partial charge in [-0.25, -0.2) is 4.39 Å². The summed E-state index contributed by atoms with van der Waals surface area (Å²) in [6.07, 6.45) is 0. The Hall–Kier alpha value is -1.66. The third-order valence-corrected chi connectivity index (χ3v) is 2.77. The Morgan fingerprint density at radius 2 is 1.71 bits per heavy atom. The zero-order valence-corrected chi connectivity index (χ0v) is 12.9. The summed E-state index contributed by atoms with van der Waals surface area (Å²) in [5.41, 5.74) is 0.390. The van der Waals surface area contributed by atoms with Crippen molar-refractivity contribution in [2.75, 3.05) is 26.7 Å². The van der Waals surface area contributed by atoms with Crippen LogP contribution in [-0.4, -0.2) is 38.5 Å². The average Bonchev–Trinajstić information content (AvgIpc) is 2.44. The Balaban J connectivity index is 0.00000400. The highest BCUT2D eigenvalue weighted by molar-refractivity contribution is 5.94. The molecule has 3 N–H and O–H groups in total. The van der Waals surface area contributed by atoms with Gasteiger partial charge in [-0.1, -0.05) is 6.92 Å². The molecule has 0 saturated heterocycles. The van der Waals surface area contributed by atoms with Gasteiger partial charge >= 0.3 is 0 Å². The minimum atomic E-state index is -0.382. The second-order valence-electron chi connectivity index (χ2n) is 4.51. The second kappa shape index (κ2) is 10.1. The van der Waals surface area contributed by atoms with Crippen LogP contribution in [0.3, 0.4) is 0 Å². The normalized spacial score (nSPS) is 11.2. The van der Waals surface area contributed by atoms with Gasteiger partial charge in [0, 0.05) is 31.1 Å². The first-order valence-corrected chi connectivity index (χ1v) is 6.50. The van der Waals surface area contributed by atoms with Crippen molar-refractivity contribution in [1.29, 1.82) is 0 Å². The molecule has 0 bridgehead atoms. The molecule has 7 heteroatoms. The molecule has 1 unspecified atom stereocenters. The molecule has 1 aromatic carbocycles. The van der Waals surface area contributed by atoms with Crippen LogP contribution in [0.2, 0.25) is 0 Å². The van der Waals surface area contributed by atoms with Gasteiger partial charge in [0.25, 0.3) is 5.91 Å². The third kappa shape index (κ3) is 7.06. The highest BCUT2D eigenvalue weighted by atomic mass is 35.5. The number of nitrogens with one attached hydrogen (secondary N) is 3. The fourth-order valence-electron chi connectivity index (χ4n) is 1.64. The fourth-order valence-corrected chi connectivity index (χ4v) is 1.64. The van der Waals surface area contributed by atoms with E-state index in [1.54, 1.807) is 7.05 Å². The maximum atomic E-state index is 12.7. The first kappa shape index (κ1) is 19.3. The van der Waals surface area contributed by atoms with Crippen molar-refractivity contribution < 1.29 is 14.0 Å². The first-order valence-electron chi connectivity index (χ1n) is 6.50. The Labute approximate surface area is 130 Å². The largest absolute Gasteiger partial charge is 0.354 e. The molecular weight excluding hydrogens is 297 g/mol. The van der Waals surface area contributed by atoms with E-state index in [2.05, 4.69) is 16.0 Å². The standard InChI is InChI=1S/C14H20FN3O2.ClH/c1-10(9-16-2)13(19)17-7-8-18-14(20)11-3-5-12(15)6-4-11;/h3-6,10,16H,7-9H2,1-2H3,(H,17,19)(H,18,20);1H. The summed E-state index contributed by atoms with van der Waals surface area (Å²) < 4.78 is 12.7. The highest BCUT2D eigenvalue weighted by Crippen LogP contribution is 2.01. The Morgan fingerprint density at radius 3 is 2.29 bits per heavy atom. The van der Waals surface area contributed by atoms with Gasteiger partial charge in [-0.3, -0.25) is 9.59 Å². The molecule has 21 heavy (non-hydrogen) atoms. The van der Waals surface area contributed by atoms with Crippen LogP contribution in [0.25, 0.3) is 0 Å². The van der Waals surface area contributed by atoms with Gasteiger partial charge in [-0.2, -0.15) is 0 Å². The Kier molecular flexibility index (Phi) is 9.32. The number of hydrogen-bond acceptors (Lipinski definition) is 3. The summed E-state index contributed by atoms with van der Waals surface area (Å²) in [5.74, 6) is -0.849. The molecule has 5 nitrogen and oxygen atoms in total. The monoisotopic (exact) mass is 317 g/mol. The molecule has 0 spiro atoms. The van der Waals surface area contributed by atoms with Crippen LogP contribution in [0.5, 0.6) is 0 Å². The molecule has 0 heterocycles. The summed E-state index contributed by atoms with van der Waals surface area (Å²) in [7, 11) is 1.78. The lowest BCUT2D eigenvalue weighted by Gasteiger charge is -2.12. The molecular formula is C14H21ClFN3O2. The lowest BCUT2D eigenvalue weighted by molar-refractivity contribution is -0.124. The van der Waals surface area contributed by atoms with Crippen LogP contribution in [0, 0.1) is 11.7 Å². The molecule has 2 amide bonds. The summed E-state index contributed by atoms with van der Waals surface area (Å²) in [5, 5.41) is 8.30. The summed E-state index contributed by atoms with van der Waals surface area (Å²) in [6, 6.07) is 5.29. The lowest BCUT2D eigenvalue weighted by Crippen LogP contribution is -2.39. The number of benzene rings is 1. The molecule has 1 aromatic rings. The van der Waals surface area contributed by atoms with Crippen molar-refractivity contribution in [3.8, 4) is 0 Å². The van der Waals surface area contributed by atoms with Gasteiger partial charge in [0.05, 0.1) is 0 Å². The van der Waals surface area contributed by atoms with Crippen molar-refractivity contribution in [1.82, 2.24) is 16.0 Å². The lowest BCUT2D eigenvalue weighted by atomic mass is 10.1. The topological polar surface area (TPSA) is 70.2 Å². The maximum Gasteiger partial charge on any atom is 0.251 e. The predicted octanol–water partition coefficient (Wildman–Crippen LogP) is 0.949. The first-order chi connectivity index (χ1) is 9.54. The zero-order valence-electron chi connectivity index (χ0n) is 12.1. The van der Waals surface area contributed by atoms with Crippen LogP contribution in [0.15, 0.2) is 24.3 Å². The van der Waals surface area contributed by atoms with Gasteiger partial charge in [0.1, 0.15) is 5.82 Å². The van der Waals surface area contributed by atoms with E-state index in [0.717, 1.165) is 0 Å². The number of hydrogen-bond donors (Lipinski definition) is 3. The number of amides is 2. The molecule has 0 aliphatic heterocycles. The smallest absolute Gasteiger partial charge is 0.251 e. The van der Waals surface area contributed by atoms with E-state index >= 15 is 0 Å². The molecule has 0 radical (unpaired) electrons. The highest BCUT2D eigenvalue weighted by Gasteiger charge is 2.11. The van der Waals surface area contributed by atoms with Crippen molar-refractivity contribution >= 4 is 24.2 Å². The minimum Gasteiger partial charge on any atom is -0.354 e. The van der Waals surface area contributed by atoms with Crippen LogP contribution in [0.4, 0.5) is 4.39 Å². The molecule has 1 atom stereocenters. The van der Waals surface area contributed by atoms with Gasteiger partial charge in [-0.15, -0.1) is 12.4 Å². The quantitative estimate of drug-likeness (QED) is 0.656. The summed E-state index contributed by atoms with van der Waals surface area (Å²) >= 11 is 0. The fraction of sp³-hybridized carbons (Fsp3) is 0.429. The predicted molar refractivity (Wildman–Crippen MR) is 82.1 cm³/mol. The Bertz CT molecular complexity index is 454. The van der Waals surface area contributed by atoms with Crippen molar-refractivity contribution in [2.24, 2.45) is 5.92 Å². The van der Waals surface area contributed by atoms with Gasteiger partial charge in [-0.05, 0) is 31.3 Å². The maximum absolute atomic E-state index is 12.7. The molecule has 0 aliphatic rings. The van der Waals surface area contributed by atoms with Crippen LogP contribution >= 0.6 is 12.4 Å². The van der Waals surface area contributed by atoms with Crippen LogP contribution in [-0.2, 0) is 4.79 Å². The average molecular weight is 318 g/mol. The van der Waals surface area contributed by atoms with E-state index in [1.807, 2.05) is 6.92 Å². The molecule has 0 aliphatic carbocycles. The second-order valence-corrected chi connectivity index (χ2v) is 4.51. The number of carbonyl (C=O) groups excluding carboxylic acids is 2. The minimum absolute atomic E-state index is 0. The number of rotatable bonds is 7. The van der Waals surface area contributed by atoms with E-state index in [9.17, 15) is 14.0 Å². The number of halogens is 2. The van der Waals surface area contributed by atoms with Gasteiger partial charge in [0.15, 0.2) is 0 Å². The van der Waals surface area contributed by atoms with Crippen molar-refractivity contribution in [3.05, 3.63) is 35.6 Å². The molecule has 118 valence electrons. The zero-order chi connectivity index (χ0) is 15.0.